The number of halogens is 3. The minimum atomic E-state index is -4.52. The lowest BCUT2D eigenvalue weighted by Crippen LogP contribution is -2.38. The van der Waals surface area contributed by atoms with Crippen molar-refractivity contribution >= 4 is 17.6 Å². The highest BCUT2D eigenvalue weighted by molar-refractivity contribution is 5.74. The zero-order valence-corrected chi connectivity index (χ0v) is 22.7. The summed E-state index contributed by atoms with van der Waals surface area (Å²) in [4.78, 5) is 22.7. The molecule has 0 spiro atoms. The van der Waals surface area contributed by atoms with Crippen LogP contribution in [-0.4, -0.2) is 73.2 Å². The molecule has 1 unspecified atom stereocenters. The molecule has 1 N–H and O–H groups in total. The molecule has 1 aliphatic heterocycles. The fourth-order valence-electron chi connectivity index (χ4n) is 4.75. The van der Waals surface area contributed by atoms with Crippen molar-refractivity contribution in [3.05, 3.63) is 49.1 Å². The molecule has 5 rings (SSSR count). The van der Waals surface area contributed by atoms with Crippen LogP contribution in [0.4, 0.5) is 23.8 Å². The predicted molar refractivity (Wildman–Crippen MR) is 142 cm³/mol. The first-order chi connectivity index (χ1) is 18.8. The zero-order valence-electron chi connectivity index (χ0n) is 22.7. The Hall–Kier alpha value is -4.29. The van der Waals surface area contributed by atoms with E-state index in [0.717, 1.165) is 16.0 Å². The highest BCUT2D eigenvalue weighted by Gasteiger charge is 2.51. The summed E-state index contributed by atoms with van der Waals surface area (Å²) in [5, 5.41) is 7.15. The van der Waals surface area contributed by atoms with E-state index in [1.807, 2.05) is 23.8 Å². The average molecular weight is 558 g/mol. The van der Waals surface area contributed by atoms with Gasteiger partial charge in [-0.3, -0.25) is 9.08 Å². The van der Waals surface area contributed by atoms with Crippen molar-refractivity contribution in [2.75, 3.05) is 25.5 Å². The molecular formula is C27H30F3N7O3. The smallest absolute Gasteiger partial charge is 0.410 e. The van der Waals surface area contributed by atoms with Crippen LogP contribution in [0.15, 0.2) is 49.1 Å². The van der Waals surface area contributed by atoms with E-state index in [9.17, 15) is 18.0 Å². The quantitative estimate of drug-likeness (QED) is 0.368. The van der Waals surface area contributed by atoms with Crippen LogP contribution >= 0.6 is 0 Å². The first-order valence-electron chi connectivity index (χ1n) is 12.6. The Morgan fingerprint density at radius 3 is 2.55 bits per heavy atom. The Kier molecular flexibility index (Phi) is 6.84. The van der Waals surface area contributed by atoms with E-state index in [1.165, 1.54) is 0 Å². The number of nitrogens with one attached hydrogen (secondary N) is 1. The topological polar surface area (TPSA) is 98.8 Å². The monoisotopic (exact) mass is 557 g/mol. The van der Waals surface area contributed by atoms with Gasteiger partial charge in [0.1, 0.15) is 22.8 Å². The Labute approximate surface area is 228 Å². The number of aryl methyl sites for hydroxylation is 1. The van der Waals surface area contributed by atoms with E-state index in [2.05, 4.69) is 20.4 Å². The van der Waals surface area contributed by atoms with Crippen molar-refractivity contribution < 1.29 is 27.4 Å². The number of imidazole rings is 1. The number of amides is 1. The summed E-state index contributed by atoms with van der Waals surface area (Å²) in [5.41, 5.74) is 2.57. The maximum absolute atomic E-state index is 13.9. The van der Waals surface area contributed by atoms with Gasteiger partial charge in [-0.25, -0.2) is 14.8 Å². The number of anilines is 1. The zero-order chi connectivity index (χ0) is 28.8. The second kappa shape index (κ2) is 10.0. The third-order valence-electron chi connectivity index (χ3n) is 6.58. The van der Waals surface area contributed by atoms with Gasteiger partial charge in [0.05, 0.1) is 42.9 Å². The molecule has 212 valence electrons. The molecule has 4 aromatic heterocycles. The Morgan fingerprint density at radius 1 is 1.12 bits per heavy atom. The van der Waals surface area contributed by atoms with Crippen LogP contribution in [0.5, 0.6) is 5.75 Å². The largest absolute Gasteiger partial charge is 0.496 e. The van der Waals surface area contributed by atoms with Crippen molar-refractivity contribution in [2.45, 2.75) is 38.6 Å². The van der Waals surface area contributed by atoms with Crippen LogP contribution < -0.4 is 10.1 Å². The van der Waals surface area contributed by atoms with Gasteiger partial charge in [-0.1, -0.05) is 6.07 Å². The van der Waals surface area contributed by atoms with Crippen LogP contribution in [0.3, 0.4) is 0 Å². The number of hydrogen-bond acceptors (Lipinski definition) is 7. The lowest BCUT2D eigenvalue weighted by molar-refractivity contribution is -0.171. The number of fused-ring (bicyclic) bond motifs is 1. The van der Waals surface area contributed by atoms with Crippen molar-refractivity contribution in [3.8, 4) is 28.3 Å². The minimum absolute atomic E-state index is 0.172. The van der Waals surface area contributed by atoms with Gasteiger partial charge < -0.3 is 19.7 Å². The third-order valence-corrected chi connectivity index (χ3v) is 6.58. The van der Waals surface area contributed by atoms with Crippen molar-refractivity contribution in [2.24, 2.45) is 13.0 Å². The SMILES string of the molecule is COc1cc2ncc(-c3cccc(NC4CN(C(=O)OC(C)(C)C)C[C@@H]4C(F)(F)F)n3)n2cc1-c1cnn(C)c1. The van der Waals surface area contributed by atoms with E-state index in [0.29, 0.717) is 22.8 Å². The Bertz CT molecular complexity index is 1540. The van der Waals surface area contributed by atoms with E-state index in [1.54, 1.807) is 69.2 Å². The molecule has 0 bridgehead atoms. The maximum atomic E-state index is 13.9. The molecular weight excluding hydrogens is 527 g/mol. The van der Waals surface area contributed by atoms with E-state index in [-0.39, 0.29) is 12.4 Å². The summed E-state index contributed by atoms with van der Waals surface area (Å²) in [7, 11) is 3.40. The van der Waals surface area contributed by atoms with Crippen molar-refractivity contribution in [1.82, 2.24) is 29.0 Å². The van der Waals surface area contributed by atoms with Gasteiger partial charge in [-0.05, 0) is 32.9 Å². The number of pyridine rings is 2. The highest BCUT2D eigenvalue weighted by atomic mass is 19.4. The molecule has 10 nitrogen and oxygen atoms in total. The van der Waals surface area contributed by atoms with Gasteiger partial charge in [0, 0.05) is 49.7 Å². The normalized spacial score (nSPS) is 17.9. The van der Waals surface area contributed by atoms with E-state index < -0.39 is 36.4 Å². The van der Waals surface area contributed by atoms with Gasteiger partial charge in [0.15, 0.2) is 0 Å². The second-order valence-electron chi connectivity index (χ2n) is 10.7. The molecule has 13 heteroatoms. The molecule has 0 saturated carbocycles. The van der Waals surface area contributed by atoms with E-state index >= 15 is 0 Å². The van der Waals surface area contributed by atoms with Crippen LogP contribution in [0, 0.1) is 5.92 Å². The molecule has 5 heterocycles. The van der Waals surface area contributed by atoms with Gasteiger partial charge in [-0.2, -0.15) is 18.3 Å². The van der Waals surface area contributed by atoms with Crippen LogP contribution in [-0.2, 0) is 11.8 Å². The first-order valence-corrected chi connectivity index (χ1v) is 12.6. The summed E-state index contributed by atoms with van der Waals surface area (Å²) in [5.74, 6) is -0.912. The molecule has 1 saturated heterocycles. The lowest BCUT2D eigenvalue weighted by atomic mass is 10.0. The Morgan fingerprint density at radius 2 is 1.90 bits per heavy atom. The number of nitrogens with zero attached hydrogens (tertiary/aromatic N) is 6. The van der Waals surface area contributed by atoms with Crippen LogP contribution in [0.25, 0.3) is 28.2 Å². The number of methoxy groups -OCH3 is 1. The van der Waals surface area contributed by atoms with Gasteiger partial charge in [0.2, 0.25) is 0 Å². The van der Waals surface area contributed by atoms with Gasteiger partial charge in [-0.15, -0.1) is 0 Å². The average Bonchev–Trinajstić information content (AvgIpc) is 3.60. The van der Waals surface area contributed by atoms with Gasteiger partial charge in [0.25, 0.3) is 0 Å². The minimum Gasteiger partial charge on any atom is -0.496 e. The molecule has 0 aromatic carbocycles. The number of likely N-dealkylation sites (tertiary alicyclic amines) is 1. The fraction of sp³-hybridized carbons (Fsp3) is 0.407. The standard InChI is InChI=1S/C27H30F3N7O3/c1-26(2,3)40-25(38)36-14-18(27(28,29)30)20(15-36)34-23-8-6-7-19(33-23)21-11-31-24-9-22(39-5)17(13-37(21)24)16-10-32-35(4)12-16/h6-13,18,20H,14-15H2,1-5H3,(H,33,34)/t18-,20?/m0/s1. The molecule has 0 radical (unpaired) electrons. The number of alkyl halides is 3. The summed E-state index contributed by atoms with van der Waals surface area (Å²) < 4.78 is 56.2. The number of hydrogen-bond donors (Lipinski definition) is 1. The molecule has 1 aliphatic rings. The van der Waals surface area contributed by atoms with Crippen molar-refractivity contribution in [1.29, 1.82) is 0 Å². The van der Waals surface area contributed by atoms with Crippen LogP contribution in [0.2, 0.25) is 0 Å². The molecule has 40 heavy (non-hydrogen) atoms. The summed E-state index contributed by atoms with van der Waals surface area (Å²) in [6.45, 7) is 4.34. The fourth-order valence-corrected chi connectivity index (χ4v) is 4.75. The number of ether oxygens (including phenoxy) is 2. The van der Waals surface area contributed by atoms with E-state index in [4.69, 9.17) is 9.47 Å². The third kappa shape index (κ3) is 5.54. The van der Waals surface area contributed by atoms with Crippen molar-refractivity contribution in [3.63, 3.8) is 0 Å². The summed E-state index contributed by atoms with van der Waals surface area (Å²) >= 11 is 0. The highest BCUT2D eigenvalue weighted by Crippen LogP contribution is 2.36. The van der Waals surface area contributed by atoms with Crippen LogP contribution in [0.1, 0.15) is 20.8 Å². The Balaban J connectivity index is 1.44. The number of carbonyl (C=O) groups is 1. The second-order valence-corrected chi connectivity index (χ2v) is 10.7. The first kappa shape index (κ1) is 27.3. The molecule has 1 fully saturated rings. The summed E-state index contributed by atoms with van der Waals surface area (Å²) in [6, 6.07) is 5.76. The maximum Gasteiger partial charge on any atom is 0.410 e. The number of rotatable bonds is 5. The molecule has 2 atom stereocenters. The molecule has 0 aliphatic carbocycles. The number of carbonyl (C=O) groups excluding carboxylic acids is 1. The number of aromatic nitrogens is 5. The van der Waals surface area contributed by atoms with Gasteiger partial charge >= 0.3 is 12.3 Å². The summed E-state index contributed by atoms with van der Waals surface area (Å²) in [6.07, 6.45) is 1.80. The molecule has 1 amide bonds. The lowest BCUT2D eigenvalue weighted by Gasteiger charge is -2.24. The predicted octanol–water partition coefficient (Wildman–Crippen LogP) is 5.02. The molecule has 4 aromatic rings.